The number of hydrogen-bond acceptors (Lipinski definition) is 2. The van der Waals surface area contributed by atoms with Crippen LogP contribution in [0.1, 0.15) is 6.92 Å². The molecule has 0 aliphatic rings. The second kappa shape index (κ2) is 6.75. The zero-order valence-corrected chi connectivity index (χ0v) is 12.0. The minimum absolute atomic E-state index is 1.01. The molecule has 0 atom stereocenters. The Hall–Kier alpha value is 0.330. The van der Waals surface area contributed by atoms with E-state index in [1.807, 2.05) is 23.9 Å². The number of thioether (sulfide) groups is 1. The van der Waals surface area contributed by atoms with Crippen molar-refractivity contribution in [1.29, 1.82) is 0 Å². The lowest BCUT2D eigenvalue weighted by Crippen LogP contribution is -2.04. The summed E-state index contributed by atoms with van der Waals surface area (Å²) in [5.74, 6) is 2.33. The van der Waals surface area contributed by atoms with Gasteiger partial charge in [-0.25, -0.2) is 0 Å². The Labute approximate surface area is 106 Å². The number of halogens is 2. The van der Waals surface area contributed by atoms with Crippen molar-refractivity contribution in [2.24, 2.45) is 0 Å². The summed E-state index contributed by atoms with van der Waals surface area (Å²) < 4.78 is 2.22. The number of anilines is 1. The van der Waals surface area contributed by atoms with Crippen LogP contribution in [0.3, 0.4) is 0 Å². The van der Waals surface area contributed by atoms with E-state index in [2.05, 4.69) is 50.2 Å². The third-order valence-electron chi connectivity index (χ3n) is 1.69. The summed E-state index contributed by atoms with van der Waals surface area (Å²) in [5, 5.41) is 3.39. The summed E-state index contributed by atoms with van der Waals surface area (Å²) in [7, 11) is 0. The molecule has 1 N–H and O–H groups in total. The number of rotatable bonds is 5. The Morgan fingerprint density at radius 2 is 2.14 bits per heavy atom. The molecule has 0 saturated heterocycles. The van der Waals surface area contributed by atoms with Crippen LogP contribution in [0, 0.1) is 0 Å². The summed E-state index contributed by atoms with van der Waals surface area (Å²) in [6.07, 6.45) is 0. The summed E-state index contributed by atoms with van der Waals surface area (Å²) in [5.41, 5.74) is 1.15. The van der Waals surface area contributed by atoms with Crippen molar-refractivity contribution in [2.75, 3.05) is 23.4 Å². The van der Waals surface area contributed by atoms with Gasteiger partial charge in [0.1, 0.15) is 0 Å². The molecule has 0 aromatic heterocycles. The summed E-state index contributed by atoms with van der Waals surface area (Å²) >= 11 is 8.91. The van der Waals surface area contributed by atoms with E-state index in [4.69, 9.17) is 0 Å². The lowest BCUT2D eigenvalue weighted by Gasteiger charge is -2.08. The monoisotopic (exact) mass is 337 g/mol. The van der Waals surface area contributed by atoms with Gasteiger partial charge in [-0.3, -0.25) is 0 Å². The van der Waals surface area contributed by atoms with Gasteiger partial charge in [-0.05, 0) is 39.9 Å². The average molecular weight is 339 g/mol. The van der Waals surface area contributed by atoms with Crippen molar-refractivity contribution in [2.45, 2.75) is 6.92 Å². The Morgan fingerprint density at radius 3 is 2.86 bits per heavy atom. The Bertz CT molecular complexity index is 291. The Morgan fingerprint density at radius 1 is 1.36 bits per heavy atom. The Balaban J connectivity index is 2.45. The molecule has 4 heteroatoms. The van der Waals surface area contributed by atoms with E-state index in [1.165, 1.54) is 5.75 Å². The molecule has 0 unspecified atom stereocenters. The first-order valence-corrected chi connectivity index (χ1v) is 7.24. The van der Waals surface area contributed by atoms with Crippen LogP contribution in [0.25, 0.3) is 0 Å². The summed E-state index contributed by atoms with van der Waals surface area (Å²) in [6, 6.07) is 6.15. The topological polar surface area (TPSA) is 12.0 Å². The van der Waals surface area contributed by atoms with Crippen LogP contribution in [-0.4, -0.2) is 18.1 Å². The van der Waals surface area contributed by atoms with Gasteiger partial charge in [-0.1, -0.05) is 22.9 Å². The molecule has 0 saturated carbocycles. The van der Waals surface area contributed by atoms with Crippen LogP contribution in [0.2, 0.25) is 0 Å². The normalized spacial score (nSPS) is 10.2. The number of nitrogens with one attached hydrogen (secondary N) is 1. The second-order valence-electron chi connectivity index (χ2n) is 2.75. The highest BCUT2D eigenvalue weighted by Gasteiger charge is 1.98. The molecule has 0 amide bonds. The van der Waals surface area contributed by atoms with E-state index in [-0.39, 0.29) is 0 Å². The SMILES string of the molecule is CCSCCNc1cc(Br)ccc1Br. The lowest BCUT2D eigenvalue weighted by molar-refractivity contribution is 1.22. The van der Waals surface area contributed by atoms with E-state index in [9.17, 15) is 0 Å². The maximum absolute atomic E-state index is 3.51. The quantitative estimate of drug-likeness (QED) is 0.800. The van der Waals surface area contributed by atoms with Gasteiger partial charge in [0.2, 0.25) is 0 Å². The highest BCUT2D eigenvalue weighted by molar-refractivity contribution is 9.11. The molecule has 14 heavy (non-hydrogen) atoms. The van der Waals surface area contributed by atoms with Crippen molar-refractivity contribution >= 4 is 49.3 Å². The standard InChI is InChI=1S/C10H13Br2NS/c1-2-14-6-5-13-10-7-8(11)3-4-9(10)12/h3-4,7,13H,2,5-6H2,1H3. The van der Waals surface area contributed by atoms with E-state index in [1.54, 1.807) is 0 Å². The third kappa shape index (κ3) is 4.24. The van der Waals surface area contributed by atoms with Gasteiger partial charge in [-0.15, -0.1) is 0 Å². The first-order valence-electron chi connectivity index (χ1n) is 4.50. The Kier molecular flexibility index (Phi) is 5.98. The molecule has 0 radical (unpaired) electrons. The van der Waals surface area contributed by atoms with E-state index < -0.39 is 0 Å². The van der Waals surface area contributed by atoms with Crippen LogP contribution in [0.5, 0.6) is 0 Å². The predicted molar refractivity (Wildman–Crippen MR) is 73.3 cm³/mol. The molecule has 0 aliphatic carbocycles. The minimum Gasteiger partial charge on any atom is -0.383 e. The molecule has 1 aromatic rings. The molecule has 1 nitrogen and oxygen atoms in total. The second-order valence-corrected chi connectivity index (χ2v) is 5.91. The fourth-order valence-electron chi connectivity index (χ4n) is 1.04. The smallest absolute Gasteiger partial charge is 0.0496 e. The highest BCUT2D eigenvalue weighted by Crippen LogP contribution is 2.25. The third-order valence-corrected chi connectivity index (χ3v) is 3.78. The first-order chi connectivity index (χ1) is 6.74. The molecule has 1 aromatic carbocycles. The summed E-state index contributed by atoms with van der Waals surface area (Å²) in [4.78, 5) is 0. The van der Waals surface area contributed by atoms with E-state index >= 15 is 0 Å². The lowest BCUT2D eigenvalue weighted by atomic mass is 10.3. The van der Waals surface area contributed by atoms with Gasteiger partial charge in [0.25, 0.3) is 0 Å². The van der Waals surface area contributed by atoms with E-state index in [0.717, 1.165) is 26.9 Å². The molecule has 0 spiro atoms. The van der Waals surface area contributed by atoms with Crippen LogP contribution in [-0.2, 0) is 0 Å². The van der Waals surface area contributed by atoms with Crippen molar-refractivity contribution in [3.63, 3.8) is 0 Å². The zero-order chi connectivity index (χ0) is 10.4. The predicted octanol–water partition coefficient (Wildman–Crippen LogP) is 4.38. The largest absolute Gasteiger partial charge is 0.383 e. The van der Waals surface area contributed by atoms with Gasteiger partial charge < -0.3 is 5.32 Å². The molecular formula is C10H13Br2NS. The average Bonchev–Trinajstić information content (AvgIpc) is 2.18. The highest BCUT2D eigenvalue weighted by atomic mass is 79.9. The molecule has 1 rings (SSSR count). The van der Waals surface area contributed by atoms with Gasteiger partial charge in [0.05, 0.1) is 0 Å². The van der Waals surface area contributed by atoms with Gasteiger partial charge in [0.15, 0.2) is 0 Å². The van der Waals surface area contributed by atoms with Crippen molar-refractivity contribution < 1.29 is 0 Å². The fourth-order valence-corrected chi connectivity index (χ4v) is 2.32. The van der Waals surface area contributed by atoms with Gasteiger partial charge >= 0.3 is 0 Å². The molecule has 0 fully saturated rings. The summed E-state index contributed by atoms with van der Waals surface area (Å²) in [6.45, 7) is 3.19. The fraction of sp³-hybridized carbons (Fsp3) is 0.400. The first kappa shape index (κ1) is 12.4. The van der Waals surface area contributed by atoms with Crippen molar-refractivity contribution in [3.05, 3.63) is 27.1 Å². The number of hydrogen-bond donors (Lipinski definition) is 1. The maximum atomic E-state index is 3.51. The van der Waals surface area contributed by atoms with Crippen LogP contribution in [0.15, 0.2) is 27.1 Å². The van der Waals surface area contributed by atoms with E-state index in [0.29, 0.717) is 0 Å². The minimum atomic E-state index is 1.01. The van der Waals surface area contributed by atoms with Crippen molar-refractivity contribution in [1.82, 2.24) is 0 Å². The molecule has 0 aliphatic heterocycles. The number of benzene rings is 1. The van der Waals surface area contributed by atoms with Gasteiger partial charge in [0, 0.05) is 26.9 Å². The molecule has 78 valence electrons. The molecule has 0 bridgehead atoms. The molecule has 0 heterocycles. The van der Waals surface area contributed by atoms with Crippen LogP contribution in [0.4, 0.5) is 5.69 Å². The maximum Gasteiger partial charge on any atom is 0.0496 e. The van der Waals surface area contributed by atoms with Gasteiger partial charge in [-0.2, -0.15) is 11.8 Å². The van der Waals surface area contributed by atoms with Crippen molar-refractivity contribution in [3.8, 4) is 0 Å². The van der Waals surface area contributed by atoms with Crippen LogP contribution >= 0.6 is 43.6 Å². The zero-order valence-electron chi connectivity index (χ0n) is 8.02. The van der Waals surface area contributed by atoms with Crippen LogP contribution < -0.4 is 5.32 Å². The molecular weight excluding hydrogens is 326 g/mol.